The van der Waals surface area contributed by atoms with E-state index in [4.69, 9.17) is 0 Å². The second-order valence-corrected chi connectivity index (χ2v) is 8.30. The maximum absolute atomic E-state index is 13.1. The number of rotatable bonds is 5. The fraction of sp³-hybridized carbons (Fsp3) is 0.0952. The lowest BCUT2D eigenvalue weighted by Gasteiger charge is -2.20. The number of sulfonamides is 1. The Hall–Kier alpha value is -3.33. The lowest BCUT2D eigenvalue weighted by Crippen LogP contribution is -2.27. The van der Waals surface area contributed by atoms with E-state index >= 15 is 0 Å². The largest absolute Gasteiger partial charge is 0.418 e. The van der Waals surface area contributed by atoms with Gasteiger partial charge in [-0.3, -0.25) is 9.10 Å². The molecule has 3 rings (SSSR count). The summed E-state index contributed by atoms with van der Waals surface area (Å²) in [6, 6.07) is 18.0. The van der Waals surface area contributed by atoms with Gasteiger partial charge in [0.1, 0.15) is 0 Å². The third kappa shape index (κ3) is 4.46. The van der Waals surface area contributed by atoms with Crippen molar-refractivity contribution in [3.05, 3.63) is 90.0 Å². The molecule has 0 aliphatic rings. The minimum atomic E-state index is -4.63. The van der Waals surface area contributed by atoms with Crippen LogP contribution in [0.25, 0.3) is 0 Å². The van der Waals surface area contributed by atoms with Gasteiger partial charge in [-0.1, -0.05) is 36.4 Å². The molecule has 1 amide bonds. The Morgan fingerprint density at radius 2 is 1.53 bits per heavy atom. The summed E-state index contributed by atoms with van der Waals surface area (Å²) < 4.78 is 65.9. The van der Waals surface area contributed by atoms with Crippen molar-refractivity contribution in [1.29, 1.82) is 0 Å². The molecule has 0 aromatic heterocycles. The Labute approximate surface area is 171 Å². The molecule has 0 unspecified atom stereocenters. The minimum Gasteiger partial charge on any atom is -0.321 e. The van der Waals surface area contributed by atoms with Gasteiger partial charge in [-0.2, -0.15) is 13.2 Å². The summed E-state index contributed by atoms with van der Waals surface area (Å²) in [6.07, 6.45) is -4.63. The predicted octanol–water partition coefficient (Wildman–Crippen LogP) is 4.78. The van der Waals surface area contributed by atoms with Crippen molar-refractivity contribution in [2.45, 2.75) is 11.1 Å². The molecule has 0 fully saturated rings. The van der Waals surface area contributed by atoms with E-state index in [1.54, 1.807) is 18.2 Å². The second kappa shape index (κ2) is 8.19. The first-order chi connectivity index (χ1) is 14.1. The second-order valence-electron chi connectivity index (χ2n) is 6.33. The summed E-state index contributed by atoms with van der Waals surface area (Å²) in [5.74, 6) is -0.793. The fourth-order valence-corrected chi connectivity index (χ4v) is 3.97. The van der Waals surface area contributed by atoms with Gasteiger partial charge < -0.3 is 5.32 Å². The average Bonchev–Trinajstić information content (AvgIpc) is 2.73. The van der Waals surface area contributed by atoms with E-state index in [9.17, 15) is 26.4 Å². The van der Waals surface area contributed by atoms with Gasteiger partial charge in [0.2, 0.25) is 0 Å². The highest BCUT2D eigenvalue weighted by Gasteiger charge is 2.33. The first-order valence-electron chi connectivity index (χ1n) is 8.72. The third-order valence-corrected chi connectivity index (χ3v) is 6.15. The summed E-state index contributed by atoms with van der Waals surface area (Å²) in [5, 5.41) is 2.24. The van der Waals surface area contributed by atoms with Crippen LogP contribution in [0.3, 0.4) is 0 Å². The van der Waals surface area contributed by atoms with Gasteiger partial charge in [0, 0.05) is 12.6 Å². The number of nitrogens with zero attached hydrogens (tertiary/aromatic N) is 1. The van der Waals surface area contributed by atoms with E-state index in [2.05, 4.69) is 5.32 Å². The summed E-state index contributed by atoms with van der Waals surface area (Å²) in [4.78, 5) is 12.6. The van der Waals surface area contributed by atoms with Gasteiger partial charge in [-0.15, -0.1) is 0 Å². The topological polar surface area (TPSA) is 66.5 Å². The number of anilines is 2. The number of benzene rings is 3. The smallest absolute Gasteiger partial charge is 0.321 e. The molecular formula is C21H17F3N2O3S. The average molecular weight is 434 g/mol. The molecule has 3 aromatic rings. The van der Waals surface area contributed by atoms with E-state index in [0.29, 0.717) is 0 Å². The van der Waals surface area contributed by atoms with Gasteiger partial charge >= 0.3 is 6.18 Å². The molecule has 0 saturated heterocycles. The zero-order valence-electron chi connectivity index (χ0n) is 15.7. The van der Waals surface area contributed by atoms with Crippen molar-refractivity contribution in [3.8, 4) is 0 Å². The van der Waals surface area contributed by atoms with Crippen molar-refractivity contribution in [2.24, 2.45) is 0 Å². The van der Waals surface area contributed by atoms with Gasteiger partial charge in [-0.25, -0.2) is 8.42 Å². The Balaban J connectivity index is 1.89. The van der Waals surface area contributed by atoms with Crippen molar-refractivity contribution < 1.29 is 26.4 Å². The van der Waals surface area contributed by atoms with Gasteiger partial charge in [0.05, 0.1) is 21.8 Å². The van der Waals surface area contributed by atoms with Gasteiger partial charge in [-0.05, 0) is 42.5 Å². The number of carbonyl (C=O) groups is 1. The number of hydrogen-bond donors (Lipinski definition) is 1. The first kappa shape index (κ1) is 21.4. The maximum Gasteiger partial charge on any atom is 0.418 e. The van der Waals surface area contributed by atoms with Crippen LogP contribution >= 0.6 is 0 Å². The maximum atomic E-state index is 13.1. The molecule has 0 atom stereocenters. The van der Waals surface area contributed by atoms with E-state index in [-0.39, 0.29) is 21.8 Å². The number of carbonyl (C=O) groups excluding carboxylic acids is 1. The van der Waals surface area contributed by atoms with Gasteiger partial charge in [0.25, 0.3) is 15.9 Å². The van der Waals surface area contributed by atoms with Crippen LogP contribution in [0.1, 0.15) is 15.9 Å². The summed E-state index contributed by atoms with van der Waals surface area (Å²) >= 11 is 0. The standard InChI is InChI=1S/C21H17F3N2O3S/c1-26(30(28,29)17-10-3-2-4-11-17)16-9-7-8-15(14-16)20(27)25-19-13-6-5-12-18(19)21(22,23)24/h2-14H,1H3,(H,25,27). The van der Waals surface area contributed by atoms with Crippen LogP contribution in [-0.2, 0) is 16.2 Å². The van der Waals surface area contributed by atoms with Crippen LogP contribution < -0.4 is 9.62 Å². The quantitative estimate of drug-likeness (QED) is 0.628. The molecule has 156 valence electrons. The molecular weight excluding hydrogens is 417 g/mol. The molecule has 9 heteroatoms. The zero-order valence-corrected chi connectivity index (χ0v) is 16.5. The number of amides is 1. The first-order valence-corrected chi connectivity index (χ1v) is 10.2. The Morgan fingerprint density at radius 3 is 2.20 bits per heavy atom. The van der Waals surface area contributed by atoms with Crippen molar-refractivity contribution in [1.82, 2.24) is 0 Å². The number of alkyl halides is 3. The van der Waals surface area contributed by atoms with Crippen LogP contribution in [0, 0.1) is 0 Å². The molecule has 5 nitrogen and oxygen atoms in total. The van der Waals surface area contributed by atoms with E-state index < -0.39 is 27.7 Å². The van der Waals surface area contributed by atoms with Gasteiger partial charge in [0.15, 0.2) is 0 Å². The Bertz CT molecular complexity index is 1160. The molecule has 0 aliphatic heterocycles. The van der Waals surface area contributed by atoms with E-state index in [1.165, 1.54) is 55.6 Å². The van der Waals surface area contributed by atoms with Crippen LogP contribution in [0.4, 0.5) is 24.5 Å². The number of nitrogens with one attached hydrogen (secondary N) is 1. The van der Waals surface area contributed by atoms with Crippen molar-refractivity contribution in [2.75, 3.05) is 16.7 Å². The van der Waals surface area contributed by atoms with Crippen LogP contribution in [0.5, 0.6) is 0 Å². The molecule has 0 saturated carbocycles. The molecule has 0 bridgehead atoms. The monoisotopic (exact) mass is 434 g/mol. The molecule has 3 aromatic carbocycles. The molecule has 30 heavy (non-hydrogen) atoms. The SMILES string of the molecule is CN(c1cccc(C(=O)Nc2ccccc2C(F)(F)F)c1)S(=O)(=O)c1ccccc1. The molecule has 0 heterocycles. The molecule has 0 spiro atoms. The van der Waals surface area contributed by atoms with Crippen LogP contribution in [0.15, 0.2) is 83.8 Å². The summed E-state index contributed by atoms with van der Waals surface area (Å²) in [7, 11) is -2.53. The van der Waals surface area contributed by atoms with Crippen molar-refractivity contribution in [3.63, 3.8) is 0 Å². The normalized spacial score (nSPS) is 11.7. The van der Waals surface area contributed by atoms with E-state index in [0.717, 1.165) is 16.4 Å². The van der Waals surface area contributed by atoms with Crippen LogP contribution in [0.2, 0.25) is 0 Å². The third-order valence-electron chi connectivity index (χ3n) is 4.35. The molecule has 1 N–H and O–H groups in total. The highest BCUT2D eigenvalue weighted by molar-refractivity contribution is 7.92. The number of para-hydroxylation sites is 1. The molecule has 0 aliphatic carbocycles. The number of halogens is 3. The fourth-order valence-electron chi connectivity index (χ4n) is 2.77. The lowest BCUT2D eigenvalue weighted by atomic mass is 10.1. The highest BCUT2D eigenvalue weighted by atomic mass is 32.2. The Kier molecular flexibility index (Phi) is 5.84. The predicted molar refractivity (Wildman–Crippen MR) is 108 cm³/mol. The van der Waals surface area contributed by atoms with E-state index in [1.807, 2.05) is 0 Å². The Morgan fingerprint density at radius 1 is 0.900 bits per heavy atom. The minimum absolute atomic E-state index is 0.0135. The summed E-state index contributed by atoms with van der Waals surface area (Å²) in [6.45, 7) is 0. The molecule has 0 radical (unpaired) electrons. The zero-order chi connectivity index (χ0) is 21.9. The lowest BCUT2D eigenvalue weighted by molar-refractivity contribution is -0.136. The van der Waals surface area contributed by atoms with Crippen molar-refractivity contribution >= 4 is 27.3 Å². The summed E-state index contributed by atoms with van der Waals surface area (Å²) in [5.41, 5.74) is -1.15. The van der Waals surface area contributed by atoms with Crippen LogP contribution in [-0.4, -0.2) is 21.4 Å². The highest BCUT2D eigenvalue weighted by Crippen LogP contribution is 2.34. The number of hydrogen-bond acceptors (Lipinski definition) is 3.